The molecule has 0 spiro atoms. The lowest BCUT2D eigenvalue weighted by Gasteiger charge is -2.17. The minimum absolute atomic E-state index is 0.114. The smallest absolute Gasteiger partial charge is 0.251 e. The molecule has 4 heterocycles. The minimum Gasteiger partial charge on any atom is -0.369 e. The predicted octanol–water partition coefficient (Wildman–Crippen LogP) is 4.26. The Kier molecular flexibility index (Phi) is 6.52. The fourth-order valence-electron chi connectivity index (χ4n) is 4.58. The van der Waals surface area contributed by atoms with Crippen molar-refractivity contribution in [3.05, 3.63) is 72.3 Å². The van der Waals surface area contributed by atoms with Gasteiger partial charge in [-0.3, -0.25) is 9.78 Å². The molecule has 0 unspecified atom stereocenters. The average Bonchev–Trinajstić information content (AvgIpc) is 3.46. The molecule has 3 aromatic heterocycles. The van der Waals surface area contributed by atoms with Gasteiger partial charge in [0.2, 0.25) is 0 Å². The number of nitrogens with zero attached hydrogens (tertiary/aromatic N) is 5. The van der Waals surface area contributed by atoms with E-state index in [4.69, 9.17) is 0 Å². The molecule has 1 aliphatic rings. The molecule has 35 heavy (non-hydrogen) atoms. The number of carbonyl (C=O) groups is 1. The highest BCUT2D eigenvalue weighted by Gasteiger charge is 2.16. The number of hydrogen-bond acceptors (Lipinski definition) is 7. The van der Waals surface area contributed by atoms with Crippen LogP contribution in [0.5, 0.6) is 0 Å². The standard InChI is InChI=1S/C27H29N7O/c1-18(20-6-5-7-21-22(27(35)28-2)10-11-29-26(20)21)15-30-24-14-23(32-17-33-24)19-8-9-25(31-16-19)34-12-3-4-13-34/h5-11,14,16-18H,3-4,12-13,15H2,1-2H3,(H,28,35)(H,30,32,33)/t18-/m1/s1. The monoisotopic (exact) mass is 467 g/mol. The van der Waals surface area contributed by atoms with E-state index in [0.29, 0.717) is 12.1 Å². The normalized spacial score (nSPS) is 14.2. The first kappa shape index (κ1) is 22.7. The summed E-state index contributed by atoms with van der Waals surface area (Å²) in [7, 11) is 1.64. The summed E-state index contributed by atoms with van der Waals surface area (Å²) in [4.78, 5) is 32.7. The number of aromatic nitrogens is 4. The number of pyridine rings is 2. The molecule has 1 fully saturated rings. The van der Waals surface area contributed by atoms with Crippen molar-refractivity contribution >= 4 is 28.4 Å². The van der Waals surface area contributed by atoms with Crippen LogP contribution in [0.4, 0.5) is 11.6 Å². The minimum atomic E-state index is -0.114. The van der Waals surface area contributed by atoms with Crippen molar-refractivity contribution in [3.8, 4) is 11.3 Å². The Bertz CT molecular complexity index is 1330. The fraction of sp³-hybridized carbons (Fsp3) is 0.296. The molecule has 1 saturated heterocycles. The maximum absolute atomic E-state index is 12.3. The zero-order chi connectivity index (χ0) is 24.2. The van der Waals surface area contributed by atoms with Gasteiger partial charge >= 0.3 is 0 Å². The number of carbonyl (C=O) groups excluding carboxylic acids is 1. The van der Waals surface area contributed by atoms with Gasteiger partial charge in [-0.1, -0.05) is 25.1 Å². The van der Waals surface area contributed by atoms with E-state index in [1.54, 1.807) is 25.6 Å². The summed E-state index contributed by atoms with van der Waals surface area (Å²) in [6.45, 7) is 4.95. The maximum Gasteiger partial charge on any atom is 0.251 e. The summed E-state index contributed by atoms with van der Waals surface area (Å²) in [5.41, 5.74) is 4.35. The number of fused-ring (bicyclic) bond motifs is 1. The quantitative estimate of drug-likeness (QED) is 0.419. The van der Waals surface area contributed by atoms with E-state index in [9.17, 15) is 4.79 Å². The van der Waals surface area contributed by atoms with Gasteiger partial charge in [0.05, 0.1) is 16.8 Å². The van der Waals surface area contributed by atoms with Crippen LogP contribution in [0, 0.1) is 0 Å². The summed E-state index contributed by atoms with van der Waals surface area (Å²) in [6.07, 6.45) is 7.61. The van der Waals surface area contributed by atoms with Crippen LogP contribution in [-0.4, -0.2) is 52.5 Å². The van der Waals surface area contributed by atoms with Crippen LogP contribution in [0.3, 0.4) is 0 Å². The molecule has 1 amide bonds. The van der Waals surface area contributed by atoms with Crippen molar-refractivity contribution in [3.63, 3.8) is 0 Å². The average molecular weight is 468 g/mol. The summed E-state index contributed by atoms with van der Waals surface area (Å²) in [5.74, 6) is 1.81. The van der Waals surface area contributed by atoms with Crippen molar-refractivity contribution in [2.75, 3.05) is 36.9 Å². The molecule has 1 aromatic carbocycles. The molecule has 0 radical (unpaired) electrons. The van der Waals surface area contributed by atoms with Crippen molar-refractivity contribution in [1.29, 1.82) is 0 Å². The Labute approximate surface area is 204 Å². The SMILES string of the molecule is CNC(=O)c1ccnc2c([C@H](C)CNc3cc(-c4ccc(N5CCCC5)nc4)ncn3)cccc12. The molecule has 1 aliphatic heterocycles. The Morgan fingerprint density at radius 3 is 2.69 bits per heavy atom. The third-order valence-corrected chi connectivity index (χ3v) is 6.53. The van der Waals surface area contributed by atoms with E-state index < -0.39 is 0 Å². The summed E-state index contributed by atoms with van der Waals surface area (Å²) in [5, 5.41) is 6.99. The van der Waals surface area contributed by atoms with Crippen molar-refractivity contribution in [2.45, 2.75) is 25.7 Å². The highest BCUT2D eigenvalue weighted by atomic mass is 16.1. The van der Waals surface area contributed by atoms with E-state index in [-0.39, 0.29) is 11.8 Å². The van der Waals surface area contributed by atoms with Crippen LogP contribution in [-0.2, 0) is 0 Å². The fourth-order valence-corrected chi connectivity index (χ4v) is 4.58. The molecule has 1 atom stereocenters. The summed E-state index contributed by atoms with van der Waals surface area (Å²) >= 11 is 0. The van der Waals surface area contributed by atoms with E-state index in [1.807, 2.05) is 24.4 Å². The van der Waals surface area contributed by atoms with Gasteiger partial charge in [0, 0.05) is 62.0 Å². The lowest BCUT2D eigenvalue weighted by atomic mass is 9.96. The van der Waals surface area contributed by atoms with Gasteiger partial charge in [-0.2, -0.15) is 0 Å². The Morgan fingerprint density at radius 2 is 1.91 bits per heavy atom. The highest BCUT2D eigenvalue weighted by molar-refractivity contribution is 6.06. The molecule has 8 nitrogen and oxygen atoms in total. The van der Waals surface area contributed by atoms with Crippen LogP contribution < -0.4 is 15.5 Å². The van der Waals surface area contributed by atoms with E-state index in [1.165, 1.54) is 12.8 Å². The number of rotatable bonds is 7. The van der Waals surface area contributed by atoms with Crippen LogP contribution >= 0.6 is 0 Å². The molecule has 0 bridgehead atoms. The third-order valence-electron chi connectivity index (χ3n) is 6.53. The number of anilines is 2. The van der Waals surface area contributed by atoms with Gasteiger partial charge in [-0.25, -0.2) is 15.0 Å². The molecular formula is C27H29N7O. The molecule has 178 valence electrons. The number of amides is 1. The van der Waals surface area contributed by atoms with Crippen LogP contribution in [0.15, 0.2) is 61.2 Å². The largest absolute Gasteiger partial charge is 0.369 e. The first-order valence-electron chi connectivity index (χ1n) is 12.0. The maximum atomic E-state index is 12.3. The number of hydrogen-bond donors (Lipinski definition) is 2. The topological polar surface area (TPSA) is 95.9 Å². The molecule has 0 aliphatic carbocycles. The van der Waals surface area contributed by atoms with Crippen LogP contribution in [0.25, 0.3) is 22.2 Å². The first-order valence-corrected chi connectivity index (χ1v) is 12.0. The molecule has 5 rings (SSSR count). The van der Waals surface area contributed by atoms with Crippen molar-refractivity contribution < 1.29 is 4.79 Å². The lowest BCUT2D eigenvalue weighted by Crippen LogP contribution is -2.18. The summed E-state index contributed by atoms with van der Waals surface area (Å²) < 4.78 is 0. The zero-order valence-electron chi connectivity index (χ0n) is 20.0. The molecule has 8 heteroatoms. The number of benzene rings is 1. The Hall–Kier alpha value is -4.07. The third kappa shape index (κ3) is 4.77. The van der Waals surface area contributed by atoms with E-state index >= 15 is 0 Å². The number of para-hydroxylation sites is 1. The Morgan fingerprint density at radius 1 is 1.06 bits per heavy atom. The van der Waals surface area contributed by atoms with Gasteiger partial charge in [-0.15, -0.1) is 0 Å². The van der Waals surface area contributed by atoms with Crippen LogP contribution in [0.2, 0.25) is 0 Å². The van der Waals surface area contributed by atoms with E-state index in [2.05, 4.69) is 60.6 Å². The van der Waals surface area contributed by atoms with Crippen molar-refractivity contribution in [2.24, 2.45) is 0 Å². The van der Waals surface area contributed by atoms with Gasteiger partial charge in [0.1, 0.15) is 18.0 Å². The molecular weight excluding hydrogens is 438 g/mol. The first-order chi connectivity index (χ1) is 17.1. The highest BCUT2D eigenvalue weighted by Crippen LogP contribution is 2.27. The Balaban J connectivity index is 1.31. The van der Waals surface area contributed by atoms with Gasteiger partial charge in [0.25, 0.3) is 5.91 Å². The molecule has 2 N–H and O–H groups in total. The van der Waals surface area contributed by atoms with Gasteiger partial charge in [-0.05, 0) is 36.6 Å². The number of nitrogens with one attached hydrogen (secondary N) is 2. The zero-order valence-corrected chi connectivity index (χ0v) is 20.0. The lowest BCUT2D eigenvalue weighted by molar-refractivity contribution is 0.0964. The van der Waals surface area contributed by atoms with Gasteiger partial charge < -0.3 is 15.5 Å². The molecule has 4 aromatic rings. The molecule has 0 saturated carbocycles. The second kappa shape index (κ2) is 10.0. The van der Waals surface area contributed by atoms with Gasteiger partial charge in [0.15, 0.2) is 0 Å². The second-order valence-corrected chi connectivity index (χ2v) is 8.85. The predicted molar refractivity (Wildman–Crippen MR) is 139 cm³/mol. The second-order valence-electron chi connectivity index (χ2n) is 8.85. The van der Waals surface area contributed by atoms with Crippen molar-refractivity contribution in [1.82, 2.24) is 25.3 Å². The van der Waals surface area contributed by atoms with Crippen LogP contribution in [0.1, 0.15) is 41.6 Å². The summed E-state index contributed by atoms with van der Waals surface area (Å²) in [6, 6.07) is 13.8. The van der Waals surface area contributed by atoms with E-state index in [0.717, 1.165) is 52.4 Å².